The lowest BCUT2D eigenvalue weighted by Gasteiger charge is -2.14. The summed E-state index contributed by atoms with van der Waals surface area (Å²) in [6, 6.07) is 17.9. The summed E-state index contributed by atoms with van der Waals surface area (Å²) >= 11 is 1.10. The van der Waals surface area contributed by atoms with Crippen LogP contribution in [0.5, 0.6) is 0 Å². The van der Waals surface area contributed by atoms with Crippen molar-refractivity contribution >= 4 is 66.8 Å². The number of nitroso groups, excluding NO2 is 1. The Balaban J connectivity index is 1.58. The van der Waals surface area contributed by atoms with Crippen LogP contribution in [0.3, 0.4) is 0 Å². The molecule has 5 aromatic rings. The van der Waals surface area contributed by atoms with Crippen LogP contribution in [0.15, 0.2) is 76.8 Å². The average Bonchev–Trinajstić information content (AvgIpc) is 3.27. The lowest BCUT2D eigenvalue weighted by molar-refractivity contribution is 0.601. The predicted octanol–water partition coefficient (Wildman–Crippen LogP) is 4.58. The van der Waals surface area contributed by atoms with E-state index in [4.69, 9.17) is 0 Å². The molecule has 0 radical (unpaired) electrons. The third-order valence-corrected chi connectivity index (χ3v) is 6.44. The van der Waals surface area contributed by atoms with Crippen molar-refractivity contribution in [2.45, 2.75) is 4.90 Å². The fourth-order valence-electron chi connectivity index (χ4n) is 3.05. The number of nitrogens with zero attached hydrogens (tertiary/aromatic N) is 5. The molecule has 158 valence electrons. The Labute approximate surface area is 185 Å². The van der Waals surface area contributed by atoms with Crippen molar-refractivity contribution in [3.63, 3.8) is 0 Å². The first-order chi connectivity index (χ1) is 15.5. The van der Waals surface area contributed by atoms with Gasteiger partial charge in [0.25, 0.3) is 10.0 Å². The number of para-hydroxylation sites is 2. The van der Waals surface area contributed by atoms with Crippen molar-refractivity contribution in [1.29, 1.82) is 0 Å². The molecule has 2 N–H and O–H groups in total. The summed E-state index contributed by atoms with van der Waals surface area (Å²) in [5.74, 6) is 0.212. The van der Waals surface area contributed by atoms with E-state index in [9.17, 15) is 13.3 Å². The van der Waals surface area contributed by atoms with Gasteiger partial charge in [-0.3, -0.25) is 4.72 Å². The van der Waals surface area contributed by atoms with Crippen molar-refractivity contribution in [2.24, 2.45) is 5.18 Å². The largest absolute Gasteiger partial charge is 0.337 e. The number of fused-ring (bicyclic) bond motifs is 2. The molecule has 0 atom stereocenters. The zero-order valence-corrected chi connectivity index (χ0v) is 17.8. The van der Waals surface area contributed by atoms with E-state index in [0.717, 1.165) is 17.2 Å². The topological polar surface area (TPSA) is 139 Å². The molecule has 2 aromatic heterocycles. The molecule has 2 heterocycles. The van der Waals surface area contributed by atoms with E-state index in [1.165, 1.54) is 24.3 Å². The minimum absolute atomic E-state index is 0.000920. The quantitative estimate of drug-likeness (QED) is 0.349. The fraction of sp³-hybridized carbons (Fsp3) is 0. The van der Waals surface area contributed by atoms with E-state index in [-0.39, 0.29) is 22.2 Å². The third kappa shape index (κ3) is 3.84. The van der Waals surface area contributed by atoms with Crippen LogP contribution in [-0.4, -0.2) is 27.1 Å². The minimum Gasteiger partial charge on any atom is -0.337 e. The van der Waals surface area contributed by atoms with Gasteiger partial charge in [0.15, 0.2) is 11.6 Å². The molecule has 0 aliphatic heterocycles. The smallest absolute Gasteiger partial charge is 0.263 e. The molecule has 0 saturated heterocycles. The molecule has 12 heteroatoms. The molecule has 32 heavy (non-hydrogen) atoms. The predicted molar refractivity (Wildman–Crippen MR) is 123 cm³/mol. The SMILES string of the molecule is O=Nc1cccc(S(=O)(=O)Nc2nc3ccccc3nc2Nc2ccc3nsnc3c2)c1. The maximum Gasteiger partial charge on any atom is 0.263 e. The molecular formula is C20H13N7O3S2. The van der Waals surface area contributed by atoms with E-state index >= 15 is 0 Å². The summed E-state index contributed by atoms with van der Waals surface area (Å²) in [6.07, 6.45) is 0. The number of rotatable bonds is 6. The van der Waals surface area contributed by atoms with Gasteiger partial charge in [-0.25, -0.2) is 18.4 Å². The molecule has 3 aromatic carbocycles. The number of sulfonamides is 1. The van der Waals surface area contributed by atoms with Crippen LogP contribution in [0.2, 0.25) is 0 Å². The first kappa shape index (κ1) is 19.9. The maximum atomic E-state index is 13.0. The van der Waals surface area contributed by atoms with Crippen molar-refractivity contribution in [1.82, 2.24) is 18.7 Å². The summed E-state index contributed by atoms with van der Waals surface area (Å²) < 4.78 is 36.8. The van der Waals surface area contributed by atoms with Crippen LogP contribution in [0, 0.1) is 4.91 Å². The molecular weight excluding hydrogens is 450 g/mol. The molecule has 0 aliphatic carbocycles. The van der Waals surface area contributed by atoms with Crippen molar-refractivity contribution in [3.05, 3.63) is 71.6 Å². The number of hydrogen-bond acceptors (Lipinski definition) is 10. The standard InChI is InChI=1S/C20H13N7O3S2/c28-24-13-4-3-5-14(10-13)32(29,30)27-20-19(22-15-6-1-2-7-16(15)23-20)21-12-8-9-17-18(11-12)26-31-25-17/h1-11H,(H,21,22)(H,23,27). The van der Waals surface area contributed by atoms with Crippen LogP contribution in [0.4, 0.5) is 23.0 Å². The van der Waals surface area contributed by atoms with Crippen LogP contribution in [-0.2, 0) is 10.0 Å². The Bertz CT molecular complexity index is 1590. The lowest BCUT2D eigenvalue weighted by atomic mass is 10.2. The zero-order valence-electron chi connectivity index (χ0n) is 16.1. The molecule has 5 rings (SSSR count). The van der Waals surface area contributed by atoms with Crippen LogP contribution >= 0.6 is 11.7 Å². The Morgan fingerprint density at radius 2 is 1.53 bits per heavy atom. The van der Waals surface area contributed by atoms with Crippen molar-refractivity contribution in [2.75, 3.05) is 10.0 Å². The molecule has 10 nitrogen and oxygen atoms in total. The molecule has 0 bridgehead atoms. The van der Waals surface area contributed by atoms with Crippen LogP contribution < -0.4 is 10.0 Å². The van der Waals surface area contributed by atoms with Gasteiger partial charge in [0.05, 0.1) is 27.7 Å². The number of hydrogen-bond donors (Lipinski definition) is 2. The van der Waals surface area contributed by atoms with Gasteiger partial charge in [0.2, 0.25) is 0 Å². The molecule has 0 spiro atoms. The molecule has 0 fully saturated rings. The number of aromatic nitrogens is 4. The Morgan fingerprint density at radius 1 is 0.781 bits per heavy atom. The van der Waals surface area contributed by atoms with Gasteiger partial charge in [0, 0.05) is 5.69 Å². The van der Waals surface area contributed by atoms with Gasteiger partial charge in [-0.05, 0) is 53.7 Å². The van der Waals surface area contributed by atoms with E-state index in [0.29, 0.717) is 22.2 Å². The third-order valence-electron chi connectivity index (χ3n) is 4.55. The van der Waals surface area contributed by atoms with Gasteiger partial charge in [-0.2, -0.15) is 8.75 Å². The molecule has 0 unspecified atom stereocenters. The molecule has 0 aliphatic rings. The van der Waals surface area contributed by atoms with E-state index in [1.54, 1.807) is 36.4 Å². The summed E-state index contributed by atoms with van der Waals surface area (Å²) in [5, 5.41) is 5.90. The van der Waals surface area contributed by atoms with Crippen LogP contribution in [0.25, 0.3) is 22.1 Å². The highest BCUT2D eigenvalue weighted by atomic mass is 32.2. The van der Waals surface area contributed by atoms with Gasteiger partial charge >= 0.3 is 0 Å². The van der Waals surface area contributed by atoms with E-state index < -0.39 is 10.0 Å². The highest BCUT2D eigenvalue weighted by Crippen LogP contribution is 2.29. The second kappa shape index (κ2) is 7.90. The van der Waals surface area contributed by atoms with Gasteiger partial charge in [-0.1, -0.05) is 18.2 Å². The van der Waals surface area contributed by atoms with E-state index in [1.807, 2.05) is 6.07 Å². The summed E-state index contributed by atoms with van der Waals surface area (Å²) in [7, 11) is -4.07. The van der Waals surface area contributed by atoms with Crippen molar-refractivity contribution < 1.29 is 8.42 Å². The van der Waals surface area contributed by atoms with Gasteiger partial charge in [0.1, 0.15) is 16.7 Å². The maximum absolute atomic E-state index is 13.0. The monoisotopic (exact) mass is 463 g/mol. The highest BCUT2D eigenvalue weighted by molar-refractivity contribution is 7.92. The van der Waals surface area contributed by atoms with E-state index in [2.05, 4.69) is 33.9 Å². The summed E-state index contributed by atoms with van der Waals surface area (Å²) in [6.45, 7) is 0. The Morgan fingerprint density at radius 3 is 2.31 bits per heavy atom. The fourth-order valence-corrected chi connectivity index (χ4v) is 4.61. The minimum atomic E-state index is -4.07. The second-order valence-electron chi connectivity index (χ2n) is 6.70. The Hall–Kier alpha value is -4.03. The molecule has 0 amide bonds. The van der Waals surface area contributed by atoms with Crippen LogP contribution in [0.1, 0.15) is 0 Å². The lowest BCUT2D eigenvalue weighted by Crippen LogP contribution is -2.16. The number of anilines is 3. The second-order valence-corrected chi connectivity index (χ2v) is 8.91. The first-order valence-electron chi connectivity index (χ1n) is 9.24. The highest BCUT2D eigenvalue weighted by Gasteiger charge is 2.20. The first-order valence-corrected chi connectivity index (χ1v) is 11.5. The van der Waals surface area contributed by atoms with Gasteiger partial charge in [-0.15, -0.1) is 4.91 Å². The summed E-state index contributed by atoms with van der Waals surface area (Å²) in [5.41, 5.74) is 3.20. The number of benzene rings is 3. The Kier molecular flexibility index (Phi) is 4.92. The average molecular weight is 464 g/mol. The zero-order chi connectivity index (χ0) is 22.1. The number of nitrogens with one attached hydrogen (secondary N) is 2. The van der Waals surface area contributed by atoms with Gasteiger partial charge < -0.3 is 5.32 Å². The normalized spacial score (nSPS) is 11.5. The molecule has 0 saturated carbocycles. The summed E-state index contributed by atoms with van der Waals surface area (Å²) in [4.78, 5) is 19.7. The van der Waals surface area contributed by atoms with Crippen molar-refractivity contribution in [3.8, 4) is 0 Å².